The summed E-state index contributed by atoms with van der Waals surface area (Å²) in [5, 5.41) is 3.14. The Morgan fingerprint density at radius 1 is 0.963 bits per heavy atom. The first-order valence-corrected chi connectivity index (χ1v) is 8.51. The minimum Gasteiger partial charge on any atom is -0.340 e. The lowest BCUT2D eigenvalue weighted by Gasteiger charge is -2.17. The van der Waals surface area contributed by atoms with Gasteiger partial charge in [0.15, 0.2) is 5.78 Å². The molecule has 0 spiro atoms. The number of nitrogens with one attached hydrogen (secondary N) is 1. The van der Waals surface area contributed by atoms with Crippen LogP contribution in [0.2, 0.25) is 0 Å². The number of hydrogen-bond donors (Lipinski definition) is 1. The van der Waals surface area contributed by atoms with Crippen LogP contribution < -0.4 is 10.2 Å². The van der Waals surface area contributed by atoms with Gasteiger partial charge in [-0.15, -0.1) is 0 Å². The number of aryl methyl sites for hydroxylation is 1. The average molecular weight is 360 g/mol. The Bertz CT molecular complexity index is 986. The Hall–Kier alpha value is -3.54. The molecule has 0 atom stereocenters. The molecule has 1 aromatic heterocycles. The van der Waals surface area contributed by atoms with E-state index in [9.17, 15) is 9.59 Å². The minimum atomic E-state index is -0.229. The van der Waals surface area contributed by atoms with Crippen molar-refractivity contribution < 1.29 is 9.59 Å². The van der Waals surface area contributed by atoms with Gasteiger partial charge in [0.2, 0.25) is 0 Å². The third kappa shape index (κ3) is 4.36. The van der Waals surface area contributed by atoms with E-state index < -0.39 is 0 Å². The summed E-state index contributed by atoms with van der Waals surface area (Å²) >= 11 is 0. The number of anilines is 3. The highest BCUT2D eigenvalue weighted by molar-refractivity contribution is 6.04. The molecule has 0 aliphatic heterocycles. The van der Waals surface area contributed by atoms with Gasteiger partial charge in [-0.2, -0.15) is 0 Å². The van der Waals surface area contributed by atoms with Crippen LogP contribution in [0, 0.1) is 6.92 Å². The van der Waals surface area contributed by atoms with Gasteiger partial charge < -0.3 is 10.2 Å². The van der Waals surface area contributed by atoms with Crippen LogP contribution in [0.3, 0.4) is 0 Å². The molecule has 0 fully saturated rings. The molecular formula is C21H20N4O2. The Morgan fingerprint density at radius 3 is 2.41 bits per heavy atom. The number of hydrogen-bond acceptors (Lipinski definition) is 5. The molecule has 136 valence electrons. The molecule has 0 unspecified atom stereocenters. The average Bonchev–Trinajstić information content (AvgIpc) is 2.67. The molecule has 27 heavy (non-hydrogen) atoms. The van der Waals surface area contributed by atoms with Crippen LogP contribution in [-0.2, 0) is 0 Å². The standard InChI is InChI=1S/C21H20N4O2/c1-14(26)16-8-7-9-17(12-16)24-20-13-19(22-15(2)23-20)21(27)25(3)18-10-5-4-6-11-18/h4-13H,1-3H3,(H,22,23,24). The molecule has 0 aliphatic rings. The van der Waals surface area contributed by atoms with Crippen molar-refractivity contribution in [1.82, 2.24) is 9.97 Å². The number of carbonyl (C=O) groups excluding carboxylic acids is 2. The number of carbonyl (C=O) groups is 2. The zero-order valence-corrected chi connectivity index (χ0v) is 15.4. The Morgan fingerprint density at radius 2 is 1.70 bits per heavy atom. The van der Waals surface area contributed by atoms with Crippen LogP contribution in [0.25, 0.3) is 0 Å². The molecule has 0 bridgehead atoms. The van der Waals surface area contributed by atoms with Crippen LogP contribution in [0.15, 0.2) is 60.7 Å². The molecule has 1 amide bonds. The van der Waals surface area contributed by atoms with E-state index in [1.807, 2.05) is 36.4 Å². The van der Waals surface area contributed by atoms with Gasteiger partial charge in [-0.05, 0) is 38.1 Å². The fourth-order valence-corrected chi connectivity index (χ4v) is 2.65. The molecule has 1 heterocycles. The SMILES string of the molecule is CC(=O)c1cccc(Nc2cc(C(=O)N(C)c3ccccc3)nc(C)n2)c1. The molecule has 3 aromatic rings. The lowest BCUT2D eigenvalue weighted by molar-refractivity contribution is 0.0985. The van der Waals surface area contributed by atoms with Gasteiger partial charge >= 0.3 is 0 Å². The normalized spacial score (nSPS) is 10.3. The second-order valence-electron chi connectivity index (χ2n) is 6.15. The quantitative estimate of drug-likeness (QED) is 0.696. The summed E-state index contributed by atoms with van der Waals surface area (Å²) in [6.45, 7) is 3.25. The van der Waals surface area contributed by atoms with Gasteiger partial charge in [-0.25, -0.2) is 9.97 Å². The molecule has 0 radical (unpaired) electrons. The maximum Gasteiger partial charge on any atom is 0.276 e. The summed E-state index contributed by atoms with van der Waals surface area (Å²) in [5.41, 5.74) is 2.39. The van der Waals surface area contributed by atoms with Crippen LogP contribution in [-0.4, -0.2) is 28.7 Å². The first kappa shape index (κ1) is 18.3. The van der Waals surface area contributed by atoms with Gasteiger partial charge in [0.25, 0.3) is 5.91 Å². The number of para-hydroxylation sites is 1. The second-order valence-corrected chi connectivity index (χ2v) is 6.15. The van der Waals surface area contributed by atoms with E-state index in [-0.39, 0.29) is 11.7 Å². The van der Waals surface area contributed by atoms with Crippen molar-refractivity contribution in [1.29, 1.82) is 0 Å². The summed E-state index contributed by atoms with van der Waals surface area (Å²) < 4.78 is 0. The summed E-state index contributed by atoms with van der Waals surface area (Å²) in [5.74, 6) is 0.727. The summed E-state index contributed by atoms with van der Waals surface area (Å²) in [7, 11) is 1.71. The number of rotatable bonds is 5. The number of nitrogens with zero attached hydrogens (tertiary/aromatic N) is 3. The van der Waals surface area contributed by atoms with E-state index in [1.165, 1.54) is 6.92 Å². The summed E-state index contributed by atoms with van der Waals surface area (Å²) in [4.78, 5) is 34.5. The van der Waals surface area contributed by atoms with Crippen LogP contribution >= 0.6 is 0 Å². The van der Waals surface area contributed by atoms with Gasteiger partial charge in [0.1, 0.15) is 17.3 Å². The van der Waals surface area contributed by atoms with Crippen molar-refractivity contribution in [3.05, 3.63) is 77.7 Å². The monoisotopic (exact) mass is 360 g/mol. The number of ketones is 1. The first-order valence-electron chi connectivity index (χ1n) is 8.51. The highest BCUT2D eigenvalue weighted by Crippen LogP contribution is 2.19. The van der Waals surface area contributed by atoms with Gasteiger partial charge in [-0.3, -0.25) is 9.59 Å². The summed E-state index contributed by atoms with van der Waals surface area (Å²) in [6.07, 6.45) is 0. The number of benzene rings is 2. The van der Waals surface area contributed by atoms with Crippen molar-refractivity contribution in [3.8, 4) is 0 Å². The Balaban J connectivity index is 1.87. The van der Waals surface area contributed by atoms with Gasteiger partial charge in [-0.1, -0.05) is 30.3 Å². The van der Waals surface area contributed by atoms with Crippen molar-refractivity contribution >= 4 is 28.9 Å². The van der Waals surface area contributed by atoms with Crippen LogP contribution in [0.1, 0.15) is 33.6 Å². The third-order valence-corrected chi connectivity index (χ3v) is 4.05. The van der Waals surface area contributed by atoms with Crippen molar-refractivity contribution in [3.63, 3.8) is 0 Å². The molecule has 1 N–H and O–H groups in total. The third-order valence-electron chi connectivity index (χ3n) is 4.05. The molecule has 3 rings (SSSR count). The largest absolute Gasteiger partial charge is 0.340 e. The second kappa shape index (κ2) is 7.78. The van der Waals surface area contributed by atoms with E-state index >= 15 is 0 Å². The lowest BCUT2D eigenvalue weighted by Crippen LogP contribution is -2.27. The number of amides is 1. The van der Waals surface area contributed by atoms with E-state index in [1.54, 1.807) is 43.1 Å². The molecule has 6 heteroatoms. The maximum absolute atomic E-state index is 12.8. The molecule has 0 saturated heterocycles. The van der Waals surface area contributed by atoms with Crippen molar-refractivity contribution in [2.75, 3.05) is 17.3 Å². The fourth-order valence-electron chi connectivity index (χ4n) is 2.65. The highest BCUT2D eigenvalue weighted by atomic mass is 16.2. The number of aromatic nitrogens is 2. The van der Waals surface area contributed by atoms with Gasteiger partial charge in [0.05, 0.1) is 0 Å². The van der Waals surface area contributed by atoms with E-state index in [2.05, 4.69) is 15.3 Å². The van der Waals surface area contributed by atoms with Crippen molar-refractivity contribution in [2.24, 2.45) is 0 Å². The Labute approximate surface area is 157 Å². The topological polar surface area (TPSA) is 75.2 Å². The predicted octanol–water partition coefficient (Wildman–Crippen LogP) is 4.01. The molecule has 0 saturated carbocycles. The molecule has 6 nitrogen and oxygen atoms in total. The minimum absolute atomic E-state index is 0.0159. The van der Waals surface area contributed by atoms with Crippen molar-refractivity contribution in [2.45, 2.75) is 13.8 Å². The van der Waals surface area contributed by atoms with Crippen LogP contribution in [0.4, 0.5) is 17.2 Å². The van der Waals surface area contributed by atoms with Crippen LogP contribution in [0.5, 0.6) is 0 Å². The molecule has 0 aliphatic carbocycles. The lowest BCUT2D eigenvalue weighted by atomic mass is 10.1. The van der Waals surface area contributed by atoms with E-state index in [0.717, 1.165) is 11.4 Å². The zero-order valence-electron chi connectivity index (χ0n) is 15.4. The maximum atomic E-state index is 12.8. The summed E-state index contributed by atoms with van der Waals surface area (Å²) in [6, 6.07) is 18.1. The predicted molar refractivity (Wildman–Crippen MR) is 106 cm³/mol. The fraction of sp³-hybridized carbons (Fsp3) is 0.143. The Kier molecular flexibility index (Phi) is 5.26. The smallest absolute Gasteiger partial charge is 0.276 e. The zero-order chi connectivity index (χ0) is 19.4. The first-order chi connectivity index (χ1) is 12.9. The molecule has 2 aromatic carbocycles. The van der Waals surface area contributed by atoms with E-state index in [4.69, 9.17) is 0 Å². The number of Topliss-reactive ketones (excluding diaryl/α,β-unsaturated/α-hetero) is 1. The highest BCUT2D eigenvalue weighted by Gasteiger charge is 2.16. The van der Waals surface area contributed by atoms with Gasteiger partial charge in [0, 0.05) is 30.1 Å². The molecular weight excluding hydrogens is 340 g/mol. The van der Waals surface area contributed by atoms with E-state index in [0.29, 0.717) is 22.9 Å².